The molecular weight excluding hydrogens is 708 g/mol. The monoisotopic (exact) mass is 765 g/mol. The summed E-state index contributed by atoms with van der Waals surface area (Å²) in [5.74, 6) is -3.53. The molecule has 17 nitrogen and oxygen atoms in total. The van der Waals surface area contributed by atoms with Gasteiger partial charge in [-0.2, -0.15) is 0 Å². The van der Waals surface area contributed by atoms with E-state index < -0.39 is 73.5 Å². The molecule has 1 saturated carbocycles. The van der Waals surface area contributed by atoms with Crippen molar-refractivity contribution in [2.45, 2.75) is 102 Å². The summed E-state index contributed by atoms with van der Waals surface area (Å²) in [5.41, 5.74) is 6.78. The molecule has 0 spiro atoms. The second-order valence-electron chi connectivity index (χ2n) is 14.0. The predicted octanol–water partition coefficient (Wildman–Crippen LogP) is -1.27. The number of nitrogens with zero attached hydrogens (tertiary/aromatic N) is 1. The lowest BCUT2D eigenvalue weighted by Gasteiger charge is -2.44. The topological polar surface area (TPSA) is 257 Å². The van der Waals surface area contributed by atoms with Gasteiger partial charge in [-0.15, -0.1) is 6.58 Å². The number of carboxylic acid groups (broad SMARTS) is 1. The number of rotatable bonds is 17. The van der Waals surface area contributed by atoms with E-state index in [1.54, 1.807) is 32.2 Å². The van der Waals surface area contributed by atoms with Gasteiger partial charge in [-0.3, -0.25) is 4.99 Å². The van der Waals surface area contributed by atoms with E-state index in [0.29, 0.717) is 16.9 Å². The molecule has 0 bridgehead atoms. The number of aliphatic hydroxyl groups is 5. The summed E-state index contributed by atoms with van der Waals surface area (Å²) in [5, 5.41) is 63.4. The number of hydrogen-bond acceptors (Lipinski definition) is 13. The fourth-order valence-corrected chi connectivity index (χ4v) is 6.89. The summed E-state index contributed by atoms with van der Waals surface area (Å²) in [6.07, 6.45) is 3.98. The molecule has 1 aliphatic carbocycles. The van der Waals surface area contributed by atoms with E-state index in [1.165, 1.54) is 12.3 Å². The van der Waals surface area contributed by atoms with Gasteiger partial charge in [0.05, 0.1) is 48.3 Å². The van der Waals surface area contributed by atoms with Crippen LogP contribution in [0.4, 0.5) is 0 Å². The smallest absolute Gasteiger partial charge is 0.339 e. The third-order valence-corrected chi connectivity index (χ3v) is 9.65. The zero-order chi connectivity index (χ0) is 39.4. The van der Waals surface area contributed by atoms with E-state index in [4.69, 9.17) is 34.5 Å². The highest BCUT2D eigenvalue weighted by Gasteiger charge is 2.49. The summed E-state index contributed by atoms with van der Waals surface area (Å²) in [6.45, 7) is 6.97. The van der Waals surface area contributed by atoms with E-state index in [-0.39, 0.29) is 61.8 Å². The first kappa shape index (κ1) is 43.1. The van der Waals surface area contributed by atoms with E-state index in [0.717, 1.165) is 32.1 Å². The molecule has 1 saturated heterocycles. The summed E-state index contributed by atoms with van der Waals surface area (Å²) in [6, 6.07) is 0. The van der Waals surface area contributed by atoms with Crippen LogP contribution >= 0.6 is 0 Å². The summed E-state index contributed by atoms with van der Waals surface area (Å²) in [4.78, 5) is 31.2. The van der Waals surface area contributed by atoms with Crippen molar-refractivity contribution in [2.75, 3.05) is 39.5 Å². The second kappa shape index (κ2) is 20.9. The van der Waals surface area contributed by atoms with Gasteiger partial charge in [0.25, 0.3) is 0 Å². The Labute approximate surface area is 315 Å². The van der Waals surface area contributed by atoms with E-state index >= 15 is 0 Å². The highest BCUT2D eigenvalue weighted by Crippen LogP contribution is 2.38. The SMILES string of the molecule is C=CC1C(OC2OC(CO)C(O)C(O)C2OC(C)C)OC=C(C(=O)OC2CCCCC2)C1C=CC1=C[NH+](CCO)CC(C(=O)O)=C1NC(N)=NCCCO. The Morgan fingerprint density at radius 3 is 2.50 bits per heavy atom. The van der Waals surface area contributed by atoms with Gasteiger partial charge in [0, 0.05) is 19.1 Å². The third-order valence-electron chi connectivity index (χ3n) is 9.65. The lowest BCUT2D eigenvalue weighted by atomic mass is 9.83. The molecule has 3 aliphatic heterocycles. The minimum absolute atomic E-state index is 0.0216. The minimum Gasteiger partial charge on any atom is -0.478 e. The number of aliphatic carboxylic acids is 1. The normalized spacial score (nSPS) is 31.2. The van der Waals surface area contributed by atoms with Gasteiger partial charge >= 0.3 is 11.9 Å². The molecule has 0 aromatic rings. The van der Waals surface area contributed by atoms with Crippen LogP contribution in [0.15, 0.2) is 64.7 Å². The number of guanidine groups is 1. The highest BCUT2D eigenvalue weighted by atomic mass is 16.8. The summed E-state index contributed by atoms with van der Waals surface area (Å²) >= 11 is 0. The van der Waals surface area contributed by atoms with Gasteiger partial charge < -0.3 is 70.3 Å². The highest BCUT2D eigenvalue weighted by molar-refractivity contribution is 5.92. The average molecular weight is 766 g/mol. The van der Waals surface area contributed by atoms with Crippen molar-refractivity contribution in [3.63, 3.8) is 0 Å². The van der Waals surface area contributed by atoms with Crippen LogP contribution in [0.3, 0.4) is 0 Å². The first-order chi connectivity index (χ1) is 25.9. The van der Waals surface area contributed by atoms with Crippen molar-refractivity contribution in [3.8, 4) is 0 Å². The van der Waals surface area contributed by atoms with Crippen LogP contribution in [0.2, 0.25) is 0 Å². The van der Waals surface area contributed by atoms with Crippen molar-refractivity contribution >= 4 is 17.9 Å². The van der Waals surface area contributed by atoms with Crippen molar-refractivity contribution in [1.29, 1.82) is 0 Å². The molecule has 17 heteroatoms. The molecule has 4 rings (SSSR count). The average Bonchev–Trinajstić information content (AvgIpc) is 3.14. The Kier molecular flexibility index (Phi) is 16.7. The van der Waals surface area contributed by atoms with Crippen LogP contribution in [0.25, 0.3) is 0 Å². The maximum Gasteiger partial charge on any atom is 0.339 e. The second-order valence-corrected chi connectivity index (χ2v) is 14.0. The number of carboxylic acids is 1. The molecule has 2 fully saturated rings. The molecule has 10 N–H and O–H groups in total. The molecule has 9 unspecified atom stereocenters. The minimum atomic E-state index is -1.48. The van der Waals surface area contributed by atoms with Crippen molar-refractivity contribution in [1.82, 2.24) is 5.32 Å². The largest absolute Gasteiger partial charge is 0.478 e. The van der Waals surface area contributed by atoms with Gasteiger partial charge in [0.1, 0.15) is 55.4 Å². The number of aliphatic imine (C=N–C) groups is 1. The fourth-order valence-electron chi connectivity index (χ4n) is 6.89. The molecule has 0 aromatic heterocycles. The number of allylic oxidation sites excluding steroid dienone is 2. The van der Waals surface area contributed by atoms with Crippen LogP contribution in [-0.4, -0.2) is 137 Å². The van der Waals surface area contributed by atoms with Crippen LogP contribution < -0.4 is 16.0 Å². The quantitative estimate of drug-likeness (QED) is 0.0275. The first-order valence-corrected chi connectivity index (χ1v) is 18.5. The lowest BCUT2D eigenvalue weighted by Crippen LogP contribution is -3.09. The number of ether oxygens (including phenoxy) is 5. The number of nitrogens with two attached hydrogens (primary N) is 1. The number of nitrogens with one attached hydrogen (secondary N) is 2. The van der Waals surface area contributed by atoms with Gasteiger partial charge in [0.2, 0.25) is 6.29 Å². The van der Waals surface area contributed by atoms with Crippen molar-refractivity contribution in [2.24, 2.45) is 22.6 Å². The van der Waals surface area contributed by atoms with Gasteiger partial charge in [-0.05, 0) is 46.0 Å². The Bertz CT molecular complexity index is 1440. The number of hydrogen-bond donors (Lipinski definition) is 9. The number of carbonyl (C=O) groups excluding carboxylic acids is 1. The van der Waals surface area contributed by atoms with E-state index in [1.807, 2.05) is 0 Å². The summed E-state index contributed by atoms with van der Waals surface area (Å²) in [7, 11) is 0. The standard InChI is InChI=1S/C37H56N4O13/c1-4-24-25(12-11-22-17-41(14-16-43)18-26(33(47)48)29(22)40-37(38)39-13-8-15-42)27(34(49)52-23-9-6-5-7-10-23)20-50-35(24)54-36-32(51-21(2)3)31(46)30(45)28(19-44)53-36/h4,11-12,17,20-21,23-25,28,30-32,35-36,42-46H,1,5-10,13-16,18-19H2,2-3H3,(H,47,48)(H3,38,39,40)/p+1. The summed E-state index contributed by atoms with van der Waals surface area (Å²) < 4.78 is 29.9. The van der Waals surface area contributed by atoms with E-state index in [9.17, 15) is 35.1 Å². The molecule has 302 valence electrons. The maximum absolute atomic E-state index is 13.8. The van der Waals surface area contributed by atoms with Crippen molar-refractivity contribution in [3.05, 3.63) is 59.7 Å². The lowest BCUT2D eigenvalue weighted by molar-refractivity contribution is -0.843. The van der Waals surface area contributed by atoms with Crippen LogP contribution in [0, 0.1) is 11.8 Å². The molecule has 0 aromatic carbocycles. The fraction of sp³-hybridized carbons (Fsp3) is 0.649. The molecule has 0 radical (unpaired) electrons. The Hall–Kier alpha value is -3.65. The first-order valence-electron chi connectivity index (χ1n) is 18.5. The number of aliphatic hydroxyl groups excluding tert-OH is 5. The predicted molar refractivity (Wildman–Crippen MR) is 193 cm³/mol. The van der Waals surface area contributed by atoms with Crippen LogP contribution in [0.1, 0.15) is 52.4 Å². The van der Waals surface area contributed by atoms with Crippen LogP contribution in [-0.2, 0) is 33.3 Å². The number of quaternary nitrogens is 1. The van der Waals surface area contributed by atoms with Crippen molar-refractivity contribution < 1.29 is 68.8 Å². The maximum atomic E-state index is 13.8. The molecule has 4 aliphatic rings. The zero-order valence-corrected chi connectivity index (χ0v) is 30.9. The Balaban J connectivity index is 1.74. The number of esters is 1. The Morgan fingerprint density at radius 1 is 1.13 bits per heavy atom. The van der Waals surface area contributed by atoms with Gasteiger partial charge in [0.15, 0.2) is 12.2 Å². The number of carbonyl (C=O) groups is 2. The van der Waals surface area contributed by atoms with E-state index in [2.05, 4.69) is 16.9 Å². The molecule has 0 amide bonds. The molecule has 54 heavy (non-hydrogen) atoms. The Morgan fingerprint density at radius 2 is 1.87 bits per heavy atom. The molecule has 9 atom stereocenters. The van der Waals surface area contributed by atoms with Gasteiger partial charge in [-0.25, -0.2) is 9.59 Å². The zero-order valence-electron chi connectivity index (χ0n) is 30.9. The molecule has 3 heterocycles. The van der Waals surface area contributed by atoms with Crippen LogP contribution in [0.5, 0.6) is 0 Å². The molecular formula is C37H57N4O13+. The third kappa shape index (κ3) is 11.2. The van der Waals surface area contributed by atoms with Gasteiger partial charge in [-0.1, -0.05) is 24.6 Å².